The lowest BCUT2D eigenvalue weighted by Gasteiger charge is -2.35. The predicted molar refractivity (Wildman–Crippen MR) is 99.7 cm³/mol. The summed E-state index contributed by atoms with van der Waals surface area (Å²) in [6.07, 6.45) is 5.85. The highest BCUT2D eigenvalue weighted by Crippen LogP contribution is 2.38. The van der Waals surface area contributed by atoms with E-state index in [2.05, 4.69) is 30.6 Å². The normalized spacial score (nSPS) is 17.7. The molecule has 0 saturated heterocycles. The van der Waals surface area contributed by atoms with Crippen LogP contribution in [0.3, 0.4) is 0 Å². The van der Waals surface area contributed by atoms with E-state index < -0.39 is 5.60 Å². The molecule has 1 aromatic carbocycles. The van der Waals surface area contributed by atoms with Gasteiger partial charge in [0.2, 0.25) is 0 Å². The van der Waals surface area contributed by atoms with Gasteiger partial charge >= 0.3 is 0 Å². The first-order chi connectivity index (χ1) is 10.7. The molecule has 1 unspecified atom stereocenters. The molecule has 128 valence electrons. The minimum Gasteiger partial charge on any atom is -0.373 e. The number of rotatable bonds is 5. The second-order valence-corrected chi connectivity index (χ2v) is 6.23. The van der Waals surface area contributed by atoms with Crippen LogP contribution in [0.1, 0.15) is 51.5 Å². The number of hydrogen-bond donors (Lipinski definition) is 1. The molecular weight excluding hydrogens is 306 g/mol. The van der Waals surface area contributed by atoms with E-state index in [1.165, 1.54) is 19.3 Å². The molecule has 0 heterocycles. The first-order valence-electron chi connectivity index (χ1n) is 8.71. The molecule has 0 radical (unpaired) electrons. The summed E-state index contributed by atoms with van der Waals surface area (Å²) in [6, 6.07) is 10.0. The van der Waals surface area contributed by atoms with Gasteiger partial charge in [-0.3, -0.25) is 4.90 Å². The molecule has 3 heteroatoms. The van der Waals surface area contributed by atoms with Gasteiger partial charge in [-0.25, -0.2) is 0 Å². The topological polar surface area (TPSA) is 23.5 Å². The van der Waals surface area contributed by atoms with E-state index >= 15 is 0 Å². The predicted octanol–water partition coefficient (Wildman–Crippen LogP) is 4.22. The van der Waals surface area contributed by atoms with Gasteiger partial charge in [-0.2, -0.15) is 0 Å². The minimum atomic E-state index is -0.991. The van der Waals surface area contributed by atoms with E-state index in [0.717, 1.165) is 38.0 Å². The van der Waals surface area contributed by atoms with Crippen molar-refractivity contribution >= 4 is 12.4 Å². The average Bonchev–Trinajstić information content (AvgIpc) is 2.60. The standard InChI is InChI=1S/C20H29NO.ClH/c1-3-21(4-2)17-11-16-20(22,18-12-7-5-8-13-18)19-14-9-6-10-15-19;/h5,7-8,12-13,19,22H,3-4,6,9-10,14-15,17H2,1-2H3;1H. The molecule has 2 nitrogen and oxygen atoms in total. The fraction of sp³-hybridized carbons (Fsp3) is 0.600. The van der Waals surface area contributed by atoms with Gasteiger partial charge in [-0.05, 0) is 31.5 Å². The van der Waals surface area contributed by atoms with Crippen LogP contribution in [0.4, 0.5) is 0 Å². The van der Waals surface area contributed by atoms with Crippen molar-refractivity contribution in [2.45, 2.75) is 51.6 Å². The fourth-order valence-corrected chi connectivity index (χ4v) is 3.36. The average molecular weight is 336 g/mol. The van der Waals surface area contributed by atoms with E-state index in [-0.39, 0.29) is 18.3 Å². The highest BCUT2D eigenvalue weighted by molar-refractivity contribution is 5.85. The van der Waals surface area contributed by atoms with Gasteiger partial charge in [0.05, 0.1) is 6.54 Å². The number of hydrogen-bond acceptors (Lipinski definition) is 2. The van der Waals surface area contributed by atoms with Crippen LogP contribution >= 0.6 is 12.4 Å². The van der Waals surface area contributed by atoms with Crippen LogP contribution in [-0.2, 0) is 5.60 Å². The van der Waals surface area contributed by atoms with Crippen LogP contribution in [0.15, 0.2) is 30.3 Å². The molecule has 0 spiro atoms. The maximum absolute atomic E-state index is 11.4. The number of benzene rings is 1. The van der Waals surface area contributed by atoms with Crippen molar-refractivity contribution in [3.8, 4) is 11.8 Å². The van der Waals surface area contributed by atoms with Crippen LogP contribution < -0.4 is 0 Å². The summed E-state index contributed by atoms with van der Waals surface area (Å²) < 4.78 is 0. The summed E-state index contributed by atoms with van der Waals surface area (Å²) in [4.78, 5) is 2.28. The zero-order chi connectivity index (χ0) is 15.8. The molecule has 23 heavy (non-hydrogen) atoms. The van der Waals surface area contributed by atoms with Crippen molar-refractivity contribution in [2.24, 2.45) is 5.92 Å². The van der Waals surface area contributed by atoms with Crippen LogP contribution in [0.2, 0.25) is 0 Å². The van der Waals surface area contributed by atoms with Crippen molar-refractivity contribution in [2.75, 3.05) is 19.6 Å². The lowest BCUT2D eigenvalue weighted by molar-refractivity contribution is 0.0158. The molecule has 0 bridgehead atoms. The Hall–Kier alpha value is -1.01. The molecule has 1 N–H and O–H groups in total. The first-order valence-corrected chi connectivity index (χ1v) is 8.71. The molecule has 1 saturated carbocycles. The third kappa shape index (κ3) is 5.24. The highest BCUT2D eigenvalue weighted by Gasteiger charge is 2.37. The summed E-state index contributed by atoms with van der Waals surface area (Å²) in [5, 5.41) is 11.4. The maximum atomic E-state index is 11.4. The highest BCUT2D eigenvalue weighted by atomic mass is 35.5. The lowest BCUT2D eigenvalue weighted by Crippen LogP contribution is -2.35. The SMILES string of the molecule is CCN(CC)CC#CC(O)(c1ccccc1)C1CCCCC1.Cl. The van der Waals surface area contributed by atoms with Gasteiger partial charge in [0.25, 0.3) is 0 Å². The van der Waals surface area contributed by atoms with Crippen LogP contribution in [0.25, 0.3) is 0 Å². The molecule has 0 amide bonds. The third-order valence-corrected chi connectivity index (χ3v) is 4.89. The molecule has 2 rings (SSSR count). The molecule has 1 atom stereocenters. The summed E-state index contributed by atoms with van der Waals surface area (Å²) >= 11 is 0. The Labute approximate surface area is 147 Å². The fourth-order valence-electron chi connectivity index (χ4n) is 3.36. The minimum absolute atomic E-state index is 0. The molecule has 1 fully saturated rings. The summed E-state index contributed by atoms with van der Waals surface area (Å²) in [6.45, 7) is 7.02. The van der Waals surface area contributed by atoms with E-state index in [1.807, 2.05) is 30.3 Å². The first kappa shape index (κ1) is 20.0. The van der Waals surface area contributed by atoms with Gasteiger partial charge < -0.3 is 5.11 Å². The summed E-state index contributed by atoms with van der Waals surface area (Å²) in [5.74, 6) is 6.75. The van der Waals surface area contributed by atoms with Gasteiger partial charge in [0, 0.05) is 5.92 Å². The Morgan fingerprint density at radius 2 is 1.70 bits per heavy atom. The smallest absolute Gasteiger partial charge is 0.153 e. The molecule has 1 aromatic rings. The molecule has 1 aliphatic carbocycles. The number of aliphatic hydroxyl groups is 1. The monoisotopic (exact) mass is 335 g/mol. The van der Waals surface area contributed by atoms with Gasteiger partial charge in [-0.15, -0.1) is 12.4 Å². The largest absolute Gasteiger partial charge is 0.373 e. The van der Waals surface area contributed by atoms with E-state index in [9.17, 15) is 5.11 Å². The Morgan fingerprint density at radius 1 is 1.09 bits per heavy atom. The second kappa shape index (κ2) is 9.98. The zero-order valence-corrected chi connectivity index (χ0v) is 15.2. The van der Waals surface area contributed by atoms with Crippen molar-refractivity contribution < 1.29 is 5.11 Å². The Morgan fingerprint density at radius 3 is 2.26 bits per heavy atom. The quantitative estimate of drug-likeness (QED) is 0.814. The Kier molecular flexibility index (Phi) is 8.69. The Balaban J connectivity index is 0.00000264. The lowest BCUT2D eigenvalue weighted by atomic mass is 9.73. The van der Waals surface area contributed by atoms with Crippen molar-refractivity contribution in [3.05, 3.63) is 35.9 Å². The summed E-state index contributed by atoms with van der Waals surface area (Å²) in [5.41, 5.74) is -0.0385. The molecule has 0 aromatic heterocycles. The van der Waals surface area contributed by atoms with E-state index in [1.54, 1.807) is 0 Å². The zero-order valence-electron chi connectivity index (χ0n) is 14.4. The third-order valence-electron chi connectivity index (χ3n) is 4.89. The van der Waals surface area contributed by atoms with E-state index in [0.29, 0.717) is 0 Å². The molecule has 1 aliphatic rings. The van der Waals surface area contributed by atoms with Crippen molar-refractivity contribution in [3.63, 3.8) is 0 Å². The van der Waals surface area contributed by atoms with Crippen LogP contribution in [0, 0.1) is 17.8 Å². The molecule has 0 aliphatic heterocycles. The van der Waals surface area contributed by atoms with Gasteiger partial charge in [0.1, 0.15) is 0 Å². The second-order valence-electron chi connectivity index (χ2n) is 6.23. The Bertz CT molecular complexity index is 497. The van der Waals surface area contributed by atoms with Crippen LogP contribution in [0.5, 0.6) is 0 Å². The van der Waals surface area contributed by atoms with Crippen LogP contribution in [-0.4, -0.2) is 29.6 Å². The summed E-state index contributed by atoms with van der Waals surface area (Å²) in [7, 11) is 0. The number of nitrogens with zero attached hydrogens (tertiary/aromatic N) is 1. The van der Waals surface area contributed by atoms with Crippen molar-refractivity contribution in [1.29, 1.82) is 0 Å². The maximum Gasteiger partial charge on any atom is 0.153 e. The van der Waals surface area contributed by atoms with Gasteiger partial charge in [-0.1, -0.05) is 75.3 Å². The van der Waals surface area contributed by atoms with Gasteiger partial charge in [0.15, 0.2) is 5.60 Å². The molecular formula is C20H30ClNO. The van der Waals surface area contributed by atoms with Crippen molar-refractivity contribution in [1.82, 2.24) is 4.90 Å². The van der Waals surface area contributed by atoms with E-state index in [4.69, 9.17) is 0 Å². The number of halogens is 1.